The largest absolute Gasteiger partial charge is 0.402 e. The zero-order chi connectivity index (χ0) is 13.8. The van der Waals surface area contributed by atoms with E-state index >= 15 is 0 Å². The summed E-state index contributed by atoms with van der Waals surface area (Å²) in [5.41, 5.74) is 0. The van der Waals surface area contributed by atoms with Gasteiger partial charge in [-0.15, -0.1) is 0 Å². The first kappa shape index (κ1) is 15.7. The van der Waals surface area contributed by atoms with Crippen LogP contribution in [0.1, 0.15) is 26.2 Å². The molecule has 0 saturated heterocycles. The van der Waals surface area contributed by atoms with E-state index in [0.717, 1.165) is 6.42 Å². The van der Waals surface area contributed by atoms with Crippen molar-refractivity contribution in [2.45, 2.75) is 38.4 Å². The van der Waals surface area contributed by atoms with Crippen molar-refractivity contribution >= 4 is 10.0 Å². The topological polar surface area (TPSA) is 49.4 Å². The second-order valence-electron chi connectivity index (χ2n) is 4.46. The molecule has 1 fully saturated rings. The molecule has 18 heavy (non-hydrogen) atoms. The summed E-state index contributed by atoms with van der Waals surface area (Å²) in [6.45, 7) is 1.42. The smallest absolute Gasteiger partial charge is 0.316 e. The Morgan fingerprint density at radius 2 is 1.89 bits per heavy atom. The first-order valence-electron chi connectivity index (χ1n) is 6.03. The van der Waals surface area contributed by atoms with Gasteiger partial charge in [-0.25, -0.2) is 8.42 Å². The molecule has 1 saturated carbocycles. The standard InChI is InChI=1S/C10H19F3N2O2S/c1-2-5-14-6-7-18(16,17)15(9-3-4-9)8-10(11,12)13/h9,14H,2-8H2,1H3. The summed E-state index contributed by atoms with van der Waals surface area (Å²) in [4.78, 5) is 0. The molecule has 0 spiro atoms. The Balaban J connectivity index is 2.55. The van der Waals surface area contributed by atoms with E-state index in [1.807, 2.05) is 6.92 Å². The molecule has 4 nitrogen and oxygen atoms in total. The van der Waals surface area contributed by atoms with Crippen LogP contribution in [0.25, 0.3) is 0 Å². The minimum absolute atomic E-state index is 0.192. The van der Waals surface area contributed by atoms with Gasteiger partial charge in [-0.2, -0.15) is 17.5 Å². The monoisotopic (exact) mass is 288 g/mol. The lowest BCUT2D eigenvalue weighted by atomic mass is 10.5. The lowest BCUT2D eigenvalue weighted by molar-refractivity contribution is -0.136. The molecule has 1 aliphatic rings. The second-order valence-corrected chi connectivity index (χ2v) is 6.50. The highest BCUT2D eigenvalue weighted by Gasteiger charge is 2.43. The zero-order valence-electron chi connectivity index (χ0n) is 10.3. The van der Waals surface area contributed by atoms with Crippen LogP contribution < -0.4 is 5.32 Å². The molecule has 0 amide bonds. The third-order valence-corrected chi connectivity index (χ3v) is 4.47. The molecular formula is C10H19F3N2O2S. The van der Waals surface area contributed by atoms with Gasteiger partial charge in [0.15, 0.2) is 0 Å². The Bertz CT molecular complexity index is 353. The van der Waals surface area contributed by atoms with Crippen LogP contribution in [0.3, 0.4) is 0 Å². The summed E-state index contributed by atoms with van der Waals surface area (Å²) in [5.74, 6) is -0.278. The Hall–Kier alpha value is -0.340. The molecule has 0 aromatic carbocycles. The Morgan fingerprint density at radius 1 is 1.28 bits per heavy atom. The van der Waals surface area contributed by atoms with Gasteiger partial charge < -0.3 is 5.32 Å². The van der Waals surface area contributed by atoms with Crippen molar-refractivity contribution < 1.29 is 21.6 Å². The molecule has 0 atom stereocenters. The van der Waals surface area contributed by atoms with Crippen LogP contribution in [0.2, 0.25) is 0 Å². The lowest BCUT2D eigenvalue weighted by Crippen LogP contribution is -2.43. The fraction of sp³-hybridized carbons (Fsp3) is 1.00. The van der Waals surface area contributed by atoms with Crippen molar-refractivity contribution in [1.29, 1.82) is 0 Å². The molecule has 0 aliphatic heterocycles. The molecule has 8 heteroatoms. The maximum absolute atomic E-state index is 12.3. The fourth-order valence-electron chi connectivity index (χ4n) is 1.61. The zero-order valence-corrected chi connectivity index (χ0v) is 11.1. The van der Waals surface area contributed by atoms with Crippen LogP contribution in [-0.4, -0.2) is 50.3 Å². The SMILES string of the molecule is CCCNCCS(=O)(=O)N(CC(F)(F)F)C1CC1. The minimum atomic E-state index is -4.48. The molecule has 1 aliphatic carbocycles. The van der Waals surface area contributed by atoms with E-state index in [-0.39, 0.29) is 12.3 Å². The van der Waals surface area contributed by atoms with E-state index in [4.69, 9.17) is 0 Å². The first-order valence-corrected chi connectivity index (χ1v) is 7.64. The lowest BCUT2D eigenvalue weighted by Gasteiger charge is -2.23. The average molecular weight is 288 g/mol. The van der Waals surface area contributed by atoms with Gasteiger partial charge in [0, 0.05) is 12.6 Å². The Morgan fingerprint density at radius 3 is 2.33 bits per heavy atom. The van der Waals surface area contributed by atoms with E-state index in [2.05, 4.69) is 5.32 Å². The predicted octanol–water partition coefficient (Wildman–Crippen LogP) is 1.34. The predicted molar refractivity (Wildman–Crippen MR) is 62.7 cm³/mol. The molecule has 0 aromatic heterocycles. The fourth-order valence-corrected chi connectivity index (χ4v) is 3.26. The molecule has 0 radical (unpaired) electrons. The van der Waals surface area contributed by atoms with Crippen molar-refractivity contribution in [3.8, 4) is 0 Å². The van der Waals surface area contributed by atoms with Gasteiger partial charge in [0.25, 0.3) is 0 Å². The van der Waals surface area contributed by atoms with Crippen LogP contribution in [0.4, 0.5) is 13.2 Å². The van der Waals surface area contributed by atoms with Crippen molar-refractivity contribution in [1.82, 2.24) is 9.62 Å². The van der Waals surface area contributed by atoms with Gasteiger partial charge >= 0.3 is 6.18 Å². The number of rotatable bonds is 8. The maximum atomic E-state index is 12.3. The van der Waals surface area contributed by atoms with E-state index in [9.17, 15) is 21.6 Å². The van der Waals surface area contributed by atoms with Crippen molar-refractivity contribution in [2.24, 2.45) is 0 Å². The third-order valence-electron chi connectivity index (χ3n) is 2.61. The van der Waals surface area contributed by atoms with Gasteiger partial charge in [-0.3, -0.25) is 0 Å². The summed E-state index contributed by atoms with van der Waals surface area (Å²) in [6.07, 6.45) is -2.57. The summed E-state index contributed by atoms with van der Waals surface area (Å²) in [7, 11) is -3.82. The van der Waals surface area contributed by atoms with Gasteiger partial charge in [-0.1, -0.05) is 6.92 Å². The number of halogens is 3. The van der Waals surface area contributed by atoms with E-state index in [0.29, 0.717) is 23.7 Å². The summed E-state index contributed by atoms with van der Waals surface area (Å²) < 4.78 is 61.3. The number of alkyl halides is 3. The summed E-state index contributed by atoms with van der Waals surface area (Å²) in [6, 6.07) is -0.456. The van der Waals surface area contributed by atoms with Crippen LogP contribution in [0.5, 0.6) is 0 Å². The van der Waals surface area contributed by atoms with Crippen molar-refractivity contribution in [3.05, 3.63) is 0 Å². The summed E-state index contributed by atoms with van der Waals surface area (Å²) in [5, 5.41) is 2.88. The van der Waals surface area contributed by atoms with Gasteiger partial charge in [0.1, 0.15) is 6.54 Å². The number of sulfonamides is 1. The van der Waals surface area contributed by atoms with E-state index < -0.39 is 28.8 Å². The highest BCUT2D eigenvalue weighted by Crippen LogP contribution is 2.32. The van der Waals surface area contributed by atoms with E-state index in [1.54, 1.807) is 0 Å². The Kier molecular flexibility index (Phi) is 5.42. The van der Waals surface area contributed by atoms with Crippen molar-refractivity contribution in [2.75, 3.05) is 25.4 Å². The van der Waals surface area contributed by atoms with Crippen LogP contribution in [0, 0.1) is 0 Å². The first-order chi connectivity index (χ1) is 8.26. The number of nitrogens with one attached hydrogen (secondary N) is 1. The van der Waals surface area contributed by atoms with Crippen molar-refractivity contribution in [3.63, 3.8) is 0 Å². The number of hydrogen-bond donors (Lipinski definition) is 1. The highest BCUT2D eigenvalue weighted by molar-refractivity contribution is 7.89. The second kappa shape index (κ2) is 6.21. The number of nitrogens with zero attached hydrogens (tertiary/aromatic N) is 1. The van der Waals surface area contributed by atoms with E-state index in [1.165, 1.54) is 0 Å². The average Bonchev–Trinajstić information content (AvgIpc) is 3.03. The molecule has 0 aromatic rings. The molecular weight excluding hydrogens is 269 g/mol. The van der Waals surface area contributed by atoms with Gasteiger partial charge in [0.2, 0.25) is 10.0 Å². The molecule has 108 valence electrons. The highest BCUT2D eigenvalue weighted by atomic mass is 32.2. The summed E-state index contributed by atoms with van der Waals surface area (Å²) >= 11 is 0. The van der Waals surface area contributed by atoms with Crippen LogP contribution >= 0.6 is 0 Å². The molecule has 1 N–H and O–H groups in total. The number of hydrogen-bond acceptors (Lipinski definition) is 3. The third kappa shape index (κ3) is 5.53. The normalized spacial score (nSPS) is 17.4. The minimum Gasteiger partial charge on any atom is -0.316 e. The van der Waals surface area contributed by atoms with Crippen LogP contribution in [0.15, 0.2) is 0 Å². The Labute approximate surface area is 106 Å². The van der Waals surface area contributed by atoms with Crippen LogP contribution in [-0.2, 0) is 10.0 Å². The molecule has 0 heterocycles. The molecule has 1 rings (SSSR count). The molecule has 0 bridgehead atoms. The maximum Gasteiger partial charge on any atom is 0.402 e. The quantitative estimate of drug-likeness (QED) is 0.686. The van der Waals surface area contributed by atoms with Gasteiger partial charge in [0.05, 0.1) is 5.75 Å². The van der Waals surface area contributed by atoms with Gasteiger partial charge in [-0.05, 0) is 25.8 Å². The molecule has 0 unspecified atom stereocenters.